The zero-order chi connectivity index (χ0) is 98.6. The Morgan fingerprint density at radius 2 is 0.561 bits per heavy atom. The molecule has 22 rings (SSSR count). The largest absolute Gasteiger partial charge is 3.00 e. The standard InChI is InChI=1S/C45H36N3.2C18H14N.C17H12N.C15H16N.2C11H8N.4Ir/c1-4-10-39(11-5-1)42-23-25-43(46-33-42)24-20-38-29-36(18-16-34-21-26-44(47-31-34)40-12-6-2-7-13-40)28-37(30-38)19-17-35-22-27-45(48-32-35)41-14-8-3-9-15-41;1-14-12-18(16-10-6-3-7-11-16)19-13-17(14)15-8-4-2-5-9-15;1-14-7-5-6-10-17(14)16-11-12-18(19-13-16)15-8-3-2-4-9-15;1-2-7-14(8-3-1)15-9-6-10-16(13-15)17-11-4-5-12-18-17;1-12(2)11-14-9-6-10-15(16-14)13-7-4-3-5-8-13;2*1-2-6-10(7-3-1)11-8-4-5-9-12-11;;;;/h1-10,12,14,21-23,25-33H,16-20,24H2;2-10,12-13H,1H3;2-8,10-13H,1H3;1-9,11-13H;3-7,9-10,12H,11H2,1-2H3;2*1-6,8-9H;;;;/q-3;6*-1;;;;+3. The van der Waals surface area contributed by atoms with Gasteiger partial charge < -0.3 is 39.9 Å². The predicted octanol–water partition coefficient (Wildman–Crippen LogP) is 31.7. The molecular formula is C135H108Ir4N9-6. The van der Waals surface area contributed by atoms with E-state index < -0.39 is 0 Å². The second-order valence-corrected chi connectivity index (χ2v) is 34.6. The van der Waals surface area contributed by atoms with E-state index in [0.717, 1.165) is 163 Å². The number of benzene rings is 13. The van der Waals surface area contributed by atoms with Crippen molar-refractivity contribution in [2.24, 2.45) is 5.92 Å². The van der Waals surface area contributed by atoms with Gasteiger partial charge >= 0.3 is 20.1 Å². The number of aromatic nitrogens is 9. The minimum Gasteiger partial charge on any atom is -0.305 e. The predicted molar refractivity (Wildman–Crippen MR) is 590 cm³/mol. The van der Waals surface area contributed by atoms with Gasteiger partial charge in [-0.25, -0.2) is 0 Å². The fourth-order valence-corrected chi connectivity index (χ4v) is 16.1. The normalized spacial score (nSPS) is 10.2. The summed E-state index contributed by atoms with van der Waals surface area (Å²) in [5.74, 6) is 0.641. The Kier molecular flexibility index (Phi) is 45.7. The second kappa shape index (κ2) is 60.7. The van der Waals surface area contributed by atoms with Crippen LogP contribution in [-0.4, -0.2) is 44.9 Å². The van der Waals surface area contributed by atoms with Crippen molar-refractivity contribution in [1.82, 2.24) is 44.9 Å². The summed E-state index contributed by atoms with van der Waals surface area (Å²) in [6.07, 6.45) is 21.9. The fourth-order valence-electron chi connectivity index (χ4n) is 16.1. The van der Waals surface area contributed by atoms with Crippen LogP contribution in [0, 0.1) is 74.4 Å². The Morgan fingerprint density at radius 1 is 0.203 bits per heavy atom. The van der Waals surface area contributed by atoms with E-state index in [0.29, 0.717) is 5.92 Å². The molecule has 22 aromatic rings. The van der Waals surface area contributed by atoms with Crippen LogP contribution in [0.25, 0.3) is 135 Å². The molecule has 148 heavy (non-hydrogen) atoms. The van der Waals surface area contributed by atoms with Crippen molar-refractivity contribution in [3.8, 4) is 135 Å². The summed E-state index contributed by atoms with van der Waals surface area (Å²) >= 11 is 0. The van der Waals surface area contributed by atoms with E-state index in [9.17, 15) is 0 Å². The van der Waals surface area contributed by atoms with Gasteiger partial charge in [0.15, 0.2) is 0 Å². The van der Waals surface area contributed by atoms with Gasteiger partial charge in [-0.2, -0.15) is 0 Å². The van der Waals surface area contributed by atoms with Crippen LogP contribution in [0.4, 0.5) is 0 Å². The maximum absolute atomic E-state index is 4.79. The van der Waals surface area contributed by atoms with E-state index in [4.69, 9.17) is 15.0 Å². The molecule has 0 aliphatic heterocycles. The molecule has 0 aliphatic rings. The van der Waals surface area contributed by atoms with Gasteiger partial charge in [0, 0.05) is 121 Å². The minimum absolute atomic E-state index is 0. The molecule has 0 unspecified atom stereocenters. The van der Waals surface area contributed by atoms with Crippen molar-refractivity contribution in [1.29, 1.82) is 0 Å². The van der Waals surface area contributed by atoms with Crippen molar-refractivity contribution >= 4 is 0 Å². The van der Waals surface area contributed by atoms with E-state index in [-0.39, 0.29) is 80.4 Å². The topological polar surface area (TPSA) is 116 Å². The first kappa shape index (κ1) is 112. The molecule has 0 bridgehead atoms. The summed E-state index contributed by atoms with van der Waals surface area (Å²) in [4.78, 5) is 40.8. The number of hydrogen-bond donors (Lipinski definition) is 0. The van der Waals surface area contributed by atoms with Gasteiger partial charge in [-0.3, -0.25) is 4.98 Å². The van der Waals surface area contributed by atoms with Gasteiger partial charge in [-0.05, 0) is 208 Å². The molecular weight excluding hydrogens is 2520 g/mol. The third-order valence-electron chi connectivity index (χ3n) is 23.6. The van der Waals surface area contributed by atoms with Crippen LogP contribution >= 0.6 is 0 Å². The minimum atomic E-state index is 0. The van der Waals surface area contributed by atoms with Crippen molar-refractivity contribution in [2.45, 2.75) is 72.6 Å². The van der Waals surface area contributed by atoms with E-state index in [1.165, 1.54) is 66.8 Å². The van der Waals surface area contributed by atoms with Crippen LogP contribution < -0.4 is 0 Å². The zero-order valence-electron chi connectivity index (χ0n) is 82.7. The first-order valence-electron chi connectivity index (χ1n) is 48.6. The second-order valence-electron chi connectivity index (χ2n) is 34.6. The number of pyridine rings is 9. The third kappa shape index (κ3) is 34.8. The van der Waals surface area contributed by atoms with E-state index >= 15 is 0 Å². The van der Waals surface area contributed by atoms with Gasteiger partial charge in [0.1, 0.15) is 0 Å². The summed E-state index contributed by atoms with van der Waals surface area (Å²) in [6.45, 7) is 8.66. The molecule has 0 N–H and O–H groups in total. The number of aryl methyl sites for hydroxylation is 8. The smallest absolute Gasteiger partial charge is 0.305 e. The molecule has 0 atom stereocenters. The summed E-state index contributed by atoms with van der Waals surface area (Å²) in [6, 6.07) is 178. The van der Waals surface area contributed by atoms with Crippen LogP contribution in [-0.2, 0) is 125 Å². The Labute approximate surface area is 927 Å². The van der Waals surface area contributed by atoms with Gasteiger partial charge in [0.05, 0.1) is 0 Å². The molecule has 9 aromatic heterocycles. The van der Waals surface area contributed by atoms with Crippen LogP contribution in [0.2, 0.25) is 0 Å². The fraction of sp³-hybridized carbons (Fsp3) is 0.0889. The van der Waals surface area contributed by atoms with Crippen molar-refractivity contribution in [3.63, 3.8) is 0 Å². The zero-order valence-corrected chi connectivity index (χ0v) is 92.2. The van der Waals surface area contributed by atoms with Gasteiger partial charge in [0.2, 0.25) is 0 Å². The molecule has 0 amide bonds. The van der Waals surface area contributed by atoms with Crippen LogP contribution in [0.1, 0.15) is 64.2 Å². The molecule has 3 radical (unpaired) electrons. The SMILES string of the molecule is CC(C)Cc1cccc(-c2[c-]cccc2)n1.Cc1cc(-c2[c-]cccc2)ncc1-c1ccccc1.Cc1ccccc1-c1ccc(-c2[c-]cccc2)nc1.[Ir+3].[Ir].[Ir].[Ir].[c-]1ccc(-c2ccccc2)cc1-c1ccccn1.[c-]1ccccc1-c1ccc(CCc2cc(CCc3ccc(-c4[c-]cccc4)nc3)cc(CCc3ccc(-c4[c-]cccc4)nc3)c2)nc1.[c-]1ccccc1-c1ccccn1.[c-]1ccccc1-c1ccccn1. The average Bonchev–Trinajstić information content (AvgIpc) is 0.818. The summed E-state index contributed by atoms with van der Waals surface area (Å²) in [5.41, 5.74) is 36.7. The molecule has 13 aromatic carbocycles. The van der Waals surface area contributed by atoms with Crippen LogP contribution in [0.5, 0.6) is 0 Å². The molecule has 0 aliphatic carbocycles. The van der Waals surface area contributed by atoms with Crippen molar-refractivity contribution < 1.29 is 80.4 Å². The Morgan fingerprint density at radius 3 is 0.959 bits per heavy atom. The molecule has 9 heterocycles. The third-order valence-corrected chi connectivity index (χ3v) is 23.6. The molecule has 735 valence electrons. The van der Waals surface area contributed by atoms with E-state index in [1.807, 2.05) is 328 Å². The van der Waals surface area contributed by atoms with Gasteiger partial charge in [0.25, 0.3) is 0 Å². The quantitative estimate of drug-likeness (QED) is 0.0577. The first-order chi connectivity index (χ1) is 71.1. The number of rotatable bonds is 23. The maximum atomic E-state index is 4.79. The molecule has 0 saturated heterocycles. The summed E-state index contributed by atoms with van der Waals surface area (Å²) < 4.78 is 0. The van der Waals surface area contributed by atoms with Crippen molar-refractivity contribution in [3.05, 3.63) is 597 Å². The van der Waals surface area contributed by atoms with Gasteiger partial charge in [-0.15, -0.1) is 323 Å². The summed E-state index contributed by atoms with van der Waals surface area (Å²) in [5, 5.41) is 0. The van der Waals surface area contributed by atoms with Gasteiger partial charge in [-0.1, -0.05) is 220 Å². The van der Waals surface area contributed by atoms with E-state index in [2.05, 4.69) is 258 Å². The summed E-state index contributed by atoms with van der Waals surface area (Å²) in [7, 11) is 0. The molecule has 13 heteroatoms. The molecule has 0 spiro atoms. The van der Waals surface area contributed by atoms with E-state index in [1.54, 1.807) is 18.6 Å². The first-order valence-corrected chi connectivity index (χ1v) is 48.6. The maximum Gasteiger partial charge on any atom is 3.00 e. The Bertz CT molecular complexity index is 7070. The Hall–Kier alpha value is -15.2. The molecule has 9 nitrogen and oxygen atoms in total. The average molecular weight is 2630 g/mol. The molecule has 0 saturated carbocycles. The monoisotopic (exact) mass is 2630 g/mol. The van der Waals surface area contributed by atoms with Crippen molar-refractivity contribution in [2.75, 3.05) is 0 Å². The van der Waals surface area contributed by atoms with Crippen LogP contribution in [0.3, 0.4) is 0 Å². The van der Waals surface area contributed by atoms with Crippen LogP contribution in [0.15, 0.2) is 492 Å². The number of nitrogens with zero attached hydrogens (tertiary/aromatic N) is 9. The molecule has 0 fully saturated rings. The number of hydrogen-bond acceptors (Lipinski definition) is 9. The Balaban J connectivity index is 0.000000164.